The Morgan fingerprint density at radius 1 is 0.958 bits per heavy atom. The van der Waals surface area contributed by atoms with Crippen LogP contribution in [0.2, 0.25) is 0 Å². The van der Waals surface area contributed by atoms with Crippen molar-refractivity contribution >= 4 is 11.7 Å². The molecule has 6 heteroatoms. The van der Waals surface area contributed by atoms with Crippen molar-refractivity contribution in [2.75, 3.05) is 26.1 Å². The third kappa shape index (κ3) is 5.08. The number of hydrogen-bond donors (Lipinski definition) is 2. The molecule has 2 N–H and O–H groups in total. The molecule has 0 saturated heterocycles. The first-order valence-corrected chi connectivity index (χ1v) is 7.64. The molecule has 0 fully saturated rings. The number of anilines is 1. The van der Waals surface area contributed by atoms with E-state index in [0.717, 1.165) is 11.3 Å². The molecule has 0 aliphatic rings. The monoisotopic (exact) mass is 330 g/mol. The molecule has 0 bridgehead atoms. The SMILES string of the molecule is CCOc1ccc(NC(=O)NCc2cc(OC)cc(OC)c2)cc1. The van der Waals surface area contributed by atoms with Gasteiger partial charge in [0.25, 0.3) is 0 Å². The van der Waals surface area contributed by atoms with Crippen molar-refractivity contribution in [2.24, 2.45) is 0 Å². The number of nitrogens with one attached hydrogen (secondary N) is 2. The van der Waals surface area contributed by atoms with Crippen molar-refractivity contribution in [2.45, 2.75) is 13.5 Å². The summed E-state index contributed by atoms with van der Waals surface area (Å²) in [6.45, 7) is 2.89. The summed E-state index contributed by atoms with van der Waals surface area (Å²) in [7, 11) is 3.18. The van der Waals surface area contributed by atoms with Gasteiger partial charge in [-0.3, -0.25) is 0 Å². The van der Waals surface area contributed by atoms with E-state index in [2.05, 4.69) is 10.6 Å². The van der Waals surface area contributed by atoms with Crippen molar-refractivity contribution in [3.63, 3.8) is 0 Å². The zero-order chi connectivity index (χ0) is 17.4. The van der Waals surface area contributed by atoms with Crippen molar-refractivity contribution in [3.05, 3.63) is 48.0 Å². The highest BCUT2D eigenvalue weighted by Gasteiger charge is 2.05. The summed E-state index contributed by atoms with van der Waals surface area (Å²) in [5, 5.41) is 5.57. The molecule has 2 aromatic rings. The summed E-state index contributed by atoms with van der Waals surface area (Å²) in [4.78, 5) is 12.0. The molecule has 0 atom stereocenters. The third-order valence-electron chi connectivity index (χ3n) is 3.29. The van der Waals surface area contributed by atoms with Gasteiger partial charge in [0, 0.05) is 18.3 Å². The minimum Gasteiger partial charge on any atom is -0.497 e. The lowest BCUT2D eigenvalue weighted by Crippen LogP contribution is -2.28. The summed E-state index contributed by atoms with van der Waals surface area (Å²) >= 11 is 0. The first-order chi connectivity index (χ1) is 11.6. The molecule has 0 saturated carbocycles. The van der Waals surface area contributed by atoms with Crippen LogP contribution in [-0.4, -0.2) is 26.9 Å². The highest BCUT2D eigenvalue weighted by atomic mass is 16.5. The molecule has 2 rings (SSSR count). The number of amides is 2. The van der Waals surface area contributed by atoms with Gasteiger partial charge in [-0.2, -0.15) is 0 Å². The second-order valence-corrected chi connectivity index (χ2v) is 4.99. The van der Waals surface area contributed by atoms with E-state index in [4.69, 9.17) is 14.2 Å². The predicted molar refractivity (Wildman–Crippen MR) is 93.0 cm³/mol. The Morgan fingerprint density at radius 2 is 1.58 bits per heavy atom. The van der Waals surface area contributed by atoms with E-state index >= 15 is 0 Å². The summed E-state index contributed by atoms with van der Waals surface area (Å²) < 4.78 is 15.8. The zero-order valence-electron chi connectivity index (χ0n) is 14.1. The minimum absolute atomic E-state index is 0.291. The number of benzene rings is 2. The van der Waals surface area contributed by atoms with Crippen molar-refractivity contribution in [3.8, 4) is 17.2 Å². The van der Waals surface area contributed by atoms with E-state index in [-0.39, 0.29) is 6.03 Å². The standard InChI is InChI=1S/C18H22N2O4/c1-4-24-15-7-5-14(6-8-15)20-18(21)19-12-13-9-16(22-2)11-17(10-13)23-3/h5-11H,4,12H2,1-3H3,(H2,19,20,21). The van der Waals surface area contributed by atoms with Gasteiger partial charge in [-0.1, -0.05) is 0 Å². The van der Waals surface area contributed by atoms with Crippen molar-refractivity contribution < 1.29 is 19.0 Å². The second kappa shape index (κ2) is 8.67. The summed E-state index contributed by atoms with van der Waals surface area (Å²) in [6, 6.07) is 12.4. The maximum Gasteiger partial charge on any atom is 0.319 e. The highest BCUT2D eigenvalue weighted by Crippen LogP contribution is 2.22. The van der Waals surface area contributed by atoms with Gasteiger partial charge < -0.3 is 24.8 Å². The van der Waals surface area contributed by atoms with Gasteiger partial charge in [0.05, 0.1) is 20.8 Å². The Labute approximate surface area is 141 Å². The van der Waals surface area contributed by atoms with E-state index in [0.29, 0.717) is 30.3 Å². The molecule has 0 aliphatic carbocycles. The summed E-state index contributed by atoms with van der Waals surface area (Å²) in [6.07, 6.45) is 0. The van der Waals surface area contributed by atoms with E-state index in [1.54, 1.807) is 32.4 Å². The van der Waals surface area contributed by atoms with E-state index in [1.807, 2.05) is 31.2 Å². The minimum atomic E-state index is -0.291. The molecule has 24 heavy (non-hydrogen) atoms. The summed E-state index contributed by atoms with van der Waals surface area (Å²) in [5.41, 5.74) is 1.58. The topological polar surface area (TPSA) is 68.8 Å². The zero-order valence-corrected chi connectivity index (χ0v) is 14.1. The van der Waals surface area contributed by atoms with Crippen molar-refractivity contribution in [1.29, 1.82) is 0 Å². The van der Waals surface area contributed by atoms with Gasteiger partial charge in [-0.05, 0) is 48.9 Å². The van der Waals surface area contributed by atoms with E-state index in [9.17, 15) is 4.79 Å². The number of carbonyl (C=O) groups is 1. The molecule has 0 aliphatic heterocycles. The number of rotatable bonds is 7. The van der Waals surface area contributed by atoms with Crippen LogP contribution in [0.25, 0.3) is 0 Å². The number of urea groups is 1. The molecule has 6 nitrogen and oxygen atoms in total. The fourth-order valence-electron chi connectivity index (χ4n) is 2.13. The Hall–Kier alpha value is -2.89. The normalized spacial score (nSPS) is 9.96. The van der Waals surface area contributed by atoms with Crippen LogP contribution in [0.5, 0.6) is 17.2 Å². The Morgan fingerprint density at radius 3 is 2.12 bits per heavy atom. The molecule has 0 spiro atoms. The van der Waals surface area contributed by atoms with Crippen LogP contribution in [0.15, 0.2) is 42.5 Å². The molecular weight excluding hydrogens is 308 g/mol. The molecule has 0 aromatic heterocycles. The first kappa shape index (κ1) is 17.5. The van der Waals surface area contributed by atoms with Crippen LogP contribution in [0.3, 0.4) is 0 Å². The van der Waals surface area contributed by atoms with Crippen LogP contribution in [0.4, 0.5) is 10.5 Å². The maximum absolute atomic E-state index is 12.0. The van der Waals surface area contributed by atoms with Crippen LogP contribution in [-0.2, 0) is 6.54 Å². The van der Waals surface area contributed by atoms with E-state index in [1.165, 1.54) is 0 Å². The molecule has 0 heterocycles. The predicted octanol–water partition coefficient (Wildman–Crippen LogP) is 3.42. The van der Waals surface area contributed by atoms with Gasteiger partial charge in [-0.25, -0.2) is 4.79 Å². The Bertz CT molecular complexity index is 649. The van der Waals surface area contributed by atoms with Gasteiger partial charge in [0.15, 0.2) is 0 Å². The number of ether oxygens (including phenoxy) is 3. The quantitative estimate of drug-likeness (QED) is 0.816. The second-order valence-electron chi connectivity index (χ2n) is 4.99. The van der Waals surface area contributed by atoms with Crippen LogP contribution < -0.4 is 24.8 Å². The smallest absolute Gasteiger partial charge is 0.319 e. The highest BCUT2D eigenvalue weighted by molar-refractivity contribution is 5.89. The largest absolute Gasteiger partial charge is 0.497 e. The third-order valence-corrected chi connectivity index (χ3v) is 3.29. The lowest BCUT2D eigenvalue weighted by molar-refractivity contribution is 0.251. The molecular formula is C18H22N2O4. The van der Waals surface area contributed by atoms with Crippen LogP contribution in [0, 0.1) is 0 Å². The van der Waals surface area contributed by atoms with Crippen LogP contribution >= 0.6 is 0 Å². The molecule has 0 radical (unpaired) electrons. The molecule has 2 aromatic carbocycles. The lowest BCUT2D eigenvalue weighted by Gasteiger charge is -2.11. The van der Waals surface area contributed by atoms with Gasteiger partial charge in [0.1, 0.15) is 17.2 Å². The van der Waals surface area contributed by atoms with Gasteiger partial charge in [-0.15, -0.1) is 0 Å². The Balaban J connectivity index is 1.91. The van der Waals surface area contributed by atoms with E-state index < -0.39 is 0 Å². The molecule has 128 valence electrons. The average Bonchev–Trinajstić information content (AvgIpc) is 2.61. The molecule has 2 amide bonds. The maximum atomic E-state index is 12.0. The van der Waals surface area contributed by atoms with Gasteiger partial charge in [0.2, 0.25) is 0 Å². The summed E-state index contributed by atoms with van der Waals surface area (Å²) in [5.74, 6) is 2.13. The number of methoxy groups -OCH3 is 2. The first-order valence-electron chi connectivity index (χ1n) is 7.64. The lowest BCUT2D eigenvalue weighted by atomic mass is 10.2. The Kier molecular flexibility index (Phi) is 6.31. The fourth-order valence-corrected chi connectivity index (χ4v) is 2.13. The van der Waals surface area contributed by atoms with Crippen molar-refractivity contribution in [1.82, 2.24) is 5.32 Å². The van der Waals surface area contributed by atoms with Crippen LogP contribution in [0.1, 0.15) is 12.5 Å². The fraction of sp³-hybridized carbons (Fsp3) is 0.278. The number of hydrogen-bond acceptors (Lipinski definition) is 4. The molecule has 0 unspecified atom stereocenters. The van der Waals surface area contributed by atoms with Gasteiger partial charge >= 0.3 is 6.03 Å². The number of carbonyl (C=O) groups excluding carboxylic acids is 1. The average molecular weight is 330 g/mol.